The fourth-order valence-electron chi connectivity index (χ4n) is 4.98. The van der Waals surface area contributed by atoms with Crippen molar-refractivity contribution < 1.29 is 24.2 Å². The maximum absolute atomic E-state index is 13.1. The number of alkyl carbamates (subject to hydrolysis) is 1. The minimum absolute atomic E-state index is 0.0136. The lowest BCUT2D eigenvalue weighted by molar-refractivity contribution is -0.137. The average Bonchev–Trinajstić information content (AvgIpc) is 3.57. The molecule has 40 heavy (non-hydrogen) atoms. The Morgan fingerprint density at radius 2 is 1.57 bits per heavy atom. The topological polar surface area (TPSA) is 114 Å². The SMILES string of the molecule is O=C(O)CCN(Cc1ccccc1)C(=O)c1cn(CCNC(=O)OCC2c3ccccc3-c3ccccc32)cn1. The van der Waals surface area contributed by atoms with Crippen LogP contribution in [0.25, 0.3) is 11.1 Å². The van der Waals surface area contributed by atoms with Crippen molar-refractivity contribution >= 4 is 18.0 Å². The van der Waals surface area contributed by atoms with Crippen LogP contribution in [0.3, 0.4) is 0 Å². The number of imidazole rings is 1. The molecule has 0 spiro atoms. The Bertz CT molecular complexity index is 1450. The van der Waals surface area contributed by atoms with E-state index in [1.165, 1.54) is 22.4 Å². The van der Waals surface area contributed by atoms with Crippen LogP contribution in [0, 0.1) is 0 Å². The number of nitrogens with one attached hydrogen (secondary N) is 1. The molecule has 2 amide bonds. The third-order valence-corrected chi connectivity index (χ3v) is 6.93. The van der Waals surface area contributed by atoms with E-state index in [9.17, 15) is 14.4 Å². The molecule has 0 saturated heterocycles. The van der Waals surface area contributed by atoms with Gasteiger partial charge in [0.25, 0.3) is 5.91 Å². The maximum Gasteiger partial charge on any atom is 0.407 e. The molecule has 9 nitrogen and oxygen atoms in total. The van der Waals surface area contributed by atoms with E-state index >= 15 is 0 Å². The van der Waals surface area contributed by atoms with E-state index in [-0.39, 0.29) is 50.2 Å². The monoisotopic (exact) mass is 538 g/mol. The van der Waals surface area contributed by atoms with Crippen molar-refractivity contribution in [3.05, 3.63) is 114 Å². The fraction of sp³-hybridized carbons (Fsp3) is 0.226. The fourth-order valence-corrected chi connectivity index (χ4v) is 4.98. The van der Waals surface area contributed by atoms with Gasteiger partial charge < -0.3 is 24.6 Å². The van der Waals surface area contributed by atoms with E-state index in [4.69, 9.17) is 9.84 Å². The number of nitrogens with zero attached hydrogens (tertiary/aromatic N) is 3. The molecule has 0 unspecified atom stereocenters. The van der Waals surface area contributed by atoms with Crippen LogP contribution >= 0.6 is 0 Å². The molecule has 2 N–H and O–H groups in total. The number of hydrogen-bond donors (Lipinski definition) is 2. The number of fused-ring (bicyclic) bond motifs is 3. The summed E-state index contributed by atoms with van der Waals surface area (Å²) in [6.07, 6.45) is 2.44. The molecule has 3 aromatic carbocycles. The molecule has 0 radical (unpaired) electrons. The van der Waals surface area contributed by atoms with E-state index in [1.807, 2.05) is 54.6 Å². The van der Waals surface area contributed by atoms with Gasteiger partial charge in [-0.1, -0.05) is 78.9 Å². The number of ether oxygens (including phenoxy) is 1. The molecule has 0 saturated carbocycles. The first-order valence-electron chi connectivity index (χ1n) is 13.1. The van der Waals surface area contributed by atoms with Crippen molar-refractivity contribution in [1.29, 1.82) is 0 Å². The van der Waals surface area contributed by atoms with Crippen molar-refractivity contribution in [2.24, 2.45) is 0 Å². The van der Waals surface area contributed by atoms with Gasteiger partial charge in [0.15, 0.2) is 0 Å². The van der Waals surface area contributed by atoms with Crippen LogP contribution in [0.4, 0.5) is 4.79 Å². The van der Waals surface area contributed by atoms with Crippen molar-refractivity contribution in [2.45, 2.75) is 25.4 Å². The van der Waals surface area contributed by atoms with Gasteiger partial charge in [-0.2, -0.15) is 0 Å². The summed E-state index contributed by atoms with van der Waals surface area (Å²) in [5.41, 5.74) is 5.75. The minimum Gasteiger partial charge on any atom is -0.481 e. The third kappa shape index (κ3) is 6.20. The number of aromatic nitrogens is 2. The van der Waals surface area contributed by atoms with Gasteiger partial charge in [-0.05, 0) is 27.8 Å². The second-order valence-corrected chi connectivity index (χ2v) is 9.61. The van der Waals surface area contributed by atoms with Crippen molar-refractivity contribution in [3.63, 3.8) is 0 Å². The van der Waals surface area contributed by atoms with Gasteiger partial charge in [0.2, 0.25) is 0 Å². The van der Waals surface area contributed by atoms with Gasteiger partial charge in [0.1, 0.15) is 12.3 Å². The lowest BCUT2D eigenvalue weighted by Crippen LogP contribution is -2.33. The number of rotatable bonds is 11. The maximum atomic E-state index is 13.1. The number of carboxylic acids is 1. The smallest absolute Gasteiger partial charge is 0.407 e. The van der Waals surface area contributed by atoms with Gasteiger partial charge in [-0.3, -0.25) is 9.59 Å². The minimum atomic E-state index is -0.976. The summed E-state index contributed by atoms with van der Waals surface area (Å²) >= 11 is 0. The largest absolute Gasteiger partial charge is 0.481 e. The van der Waals surface area contributed by atoms with Crippen LogP contribution in [0.15, 0.2) is 91.4 Å². The Morgan fingerprint density at radius 3 is 2.25 bits per heavy atom. The Morgan fingerprint density at radius 1 is 0.925 bits per heavy atom. The first kappa shape index (κ1) is 26.7. The summed E-state index contributed by atoms with van der Waals surface area (Å²) in [5, 5.41) is 11.9. The van der Waals surface area contributed by atoms with E-state index < -0.39 is 12.1 Å². The van der Waals surface area contributed by atoms with Gasteiger partial charge >= 0.3 is 12.1 Å². The molecule has 9 heteroatoms. The molecular formula is C31H30N4O5. The van der Waals surface area contributed by atoms with Gasteiger partial charge in [0.05, 0.1) is 12.7 Å². The molecule has 204 valence electrons. The first-order chi connectivity index (χ1) is 19.5. The first-order valence-corrected chi connectivity index (χ1v) is 13.1. The molecule has 0 aliphatic heterocycles. The standard InChI is InChI=1S/C31H30N4O5/c36-29(37)14-16-35(18-22-8-2-1-3-9-22)30(38)28-19-34(21-33-28)17-15-32-31(39)40-20-27-25-12-6-4-10-23(25)24-11-5-7-13-26(24)27/h1-13,19,21,27H,14-18,20H2,(H,32,39)(H,36,37). The van der Waals surface area contributed by atoms with E-state index in [2.05, 4.69) is 34.6 Å². The Hall–Kier alpha value is -4.92. The molecule has 1 aromatic heterocycles. The molecule has 4 aromatic rings. The second kappa shape index (κ2) is 12.3. The zero-order valence-electron chi connectivity index (χ0n) is 21.9. The number of carbonyl (C=O) groups is 3. The quantitative estimate of drug-likeness (QED) is 0.290. The van der Waals surface area contributed by atoms with Crippen LogP contribution in [0.5, 0.6) is 0 Å². The van der Waals surface area contributed by atoms with Gasteiger partial charge in [-0.15, -0.1) is 0 Å². The Labute approximate surface area is 232 Å². The highest BCUT2D eigenvalue weighted by Gasteiger charge is 2.29. The molecule has 1 aliphatic carbocycles. The molecular weight excluding hydrogens is 508 g/mol. The Balaban J connectivity index is 1.13. The summed E-state index contributed by atoms with van der Waals surface area (Å²) in [7, 11) is 0. The third-order valence-electron chi connectivity index (χ3n) is 6.93. The van der Waals surface area contributed by atoms with E-state index in [1.54, 1.807) is 10.8 Å². The summed E-state index contributed by atoms with van der Waals surface area (Å²) in [4.78, 5) is 42.4. The van der Waals surface area contributed by atoms with Crippen LogP contribution in [-0.4, -0.2) is 57.2 Å². The van der Waals surface area contributed by atoms with Crippen LogP contribution in [-0.2, 0) is 22.6 Å². The number of carbonyl (C=O) groups excluding carboxylic acids is 2. The molecule has 1 aliphatic rings. The average molecular weight is 539 g/mol. The number of benzene rings is 3. The number of aliphatic carboxylic acids is 1. The second-order valence-electron chi connectivity index (χ2n) is 9.61. The zero-order valence-corrected chi connectivity index (χ0v) is 21.9. The van der Waals surface area contributed by atoms with Crippen LogP contribution in [0.1, 0.15) is 39.5 Å². The zero-order chi connectivity index (χ0) is 27.9. The molecule has 5 rings (SSSR count). The molecule has 0 bridgehead atoms. The summed E-state index contributed by atoms with van der Waals surface area (Å²) in [6.45, 7) is 1.26. The summed E-state index contributed by atoms with van der Waals surface area (Å²) in [6, 6.07) is 25.7. The highest BCUT2D eigenvalue weighted by atomic mass is 16.5. The lowest BCUT2D eigenvalue weighted by Gasteiger charge is -2.21. The molecule has 0 fully saturated rings. The number of carboxylic acid groups (broad SMARTS) is 1. The summed E-state index contributed by atoms with van der Waals surface area (Å²) < 4.78 is 7.27. The lowest BCUT2D eigenvalue weighted by atomic mass is 9.98. The molecule has 0 atom stereocenters. The normalized spacial score (nSPS) is 11.9. The van der Waals surface area contributed by atoms with Gasteiger partial charge in [-0.25, -0.2) is 9.78 Å². The van der Waals surface area contributed by atoms with Crippen molar-refractivity contribution in [1.82, 2.24) is 19.8 Å². The van der Waals surface area contributed by atoms with Crippen LogP contribution < -0.4 is 5.32 Å². The summed E-state index contributed by atoms with van der Waals surface area (Å²) in [5.74, 6) is -1.34. The highest BCUT2D eigenvalue weighted by molar-refractivity contribution is 5.92. The van der Waals surface area contributed by atoms with Crippen molar-refractivity contribution in [3.8, 4) is 11.1 Å². The highest BCUT2D eigenvalue weighted by Crippen LogP contribution is 2.44. The molecule has 1 heterocycles. The predicted octanol–water partition coefficient (Wildman–Crippen LogP) is 4.54. The number of amides is 2. The van der Waals surface area contributed by atoms with Crippen LogP contribution in [0.2, 0.25) is 0 Å². The Kier molecular flexibility index (Phi) is 8.20. The van der Waals surface area contributed by atoms with E-state index in [0.717, 1.165) is 16.7 Å². The number of hydrogen-bond acceptors (Lipinski definition) is 5. The van der Waals surface area contributed by atoms with E-state index in [0.29, 0.717) is 6.54 Å². The van der Waals surface area contributed by atoms with Gasteiger partial charge in [0, 0.05) is 38.3 Å². The van der Waals surface area contributed by atoms with Crippen molar-refractivity contribution in [2.75, 3.05) is 19.7 Å². The predicted molar refractivity (Wildman–Crippen MR) is 149 cm³/mol.